The normalized spacial score (nSPS) is 12.1. The van der Waals surface area contributed by atoms with E-state index < -0.39 is 17.6 Å². The first-order valence-electron chi connectivity index (χ1n) is 12.3. The van der Waals surface area contributed by atoms with Crippen molar-refractivity contribution in [2.45, 2.75) is 65.0 Å². The third kappa shape index (κ3) is 8.15. The molecule has 0 aliphatic carbocycles. The van der Waals surface area contributed by atoms with Gasteiger partial charge in [-0.25, -0.2) is 4.79 Å². The fourth-order valence-electron chi connectivity index (χ4n) is 3.83. The predicted octanol–water partition coefficient (Wildman–Crippen LogP) is 5.14. The number of hydrogen-bond donors (Lipinski definition) is 3. The maximum absolute atomic E-state index is 13.2. The summed E-state index contributed by atoms with van der Waals surface area (Å²) in [6.45, 7) is 7.46. The third-order valence-corrected chi connectivity index (χ3v) is 5.86. The topological polar surface area (TPSA) is 102 Å². The van der Waals surface area contributed by atoms with E-state index >= 15 is 0 Å². The molecule has 0 heterocycles. The summed E-state index contributed by atoms with van der Waals surface area (Å²) in [7, 11) is 0. The number of nitrogen functional groups attached to an aromatic ring is 1. The second kappa shape index (κ2) is 11.8. The zero-order valence-electron chi connectivity index (χ0n) is 21.5. The summed E-state index contributed by atoms with van der Waals surface area (Å²) in [5.41, 5.74) is 10.7. The molecule has 6 heteroatoms. The van der Waals surface area contributed by atoms with E-state index in [2.05, 4.69) is 5.32 Å². The fourth-order valence-corrected chi connectivity index (χ4v) is 3.83. The number of carbonyl (C=O) groups is 2. The number of hydrogen-bond acceptors (Lipinski definition) is 5. The molecule has 3 rings (SSSR count). The summed E-state index contributed by atoms with van der Waals surface area (Å²) in [6, 6.07) is 19.5. The van der Waals surface area contributed by atoms with Crippen LogP contribution >= 0.6 is 0 Å². The lowest BCUT2D eigenvalue weighted by Gasteiger charge is -2.25. The number of amides is 1. The van der Waals surface area contributed by atoms with Gasteiger partial charge in [0.15, 0.2) is 0 Å². The fraction of sp³-hybridized carbons (Fsp3) is 0.333. The number of anilines is 1. The lowest BCUT2D eigenvalue weighted by atomic mass is 10.00. The Balaban J connectivity index is 1.72. The highest BCUT2D eigenvalue weighted by atomic mass is 16.6. The molecule has 36 heavy (non-hydrogen) atoms. The second-order valence-corrected chi connectivity index (χ2v) is 10.2. The van der Waals surface area contributed by atoms with Crippen LogP contribution in [0.25, 0.3) is 0 Å². The lowest BCUT2D eigenvalue weighted by Crippen LogP contribution is -2.44. The Morgan fingerprint density at radius 2 is 1.53 bits per heavy atom. The van der Waals surface area contributed by atoms with Crippen LogP contribution in [0.15, 0.2) is 66.7 Å². The van der Waals surface area contributed by atoms with Gasteiger partial charge in [0.2, 0.25) is 0 Å². The number of rotatable bonds is 9. The number of carbonyl (C=O) groups excluding carboxylic acids is 2. The van der Waals surface area contributed by atoms with Gasteiger partial charge in [0.25, 0.3) is 5.91 Å². The molecule has 1 atom stereocenters. The van der Waals surface area contributed by atoms with Gasteiger partial charge in [-0.3, -0.25) is 4.79 Å². The van der Waals surface area contributed by atoms with Crippen LogP contribution in [-0.4, -0.2) is 28.6 Å². The van der Waals surface area contributed by atoms with Crippen LogP contribution < -0.4 is 11.1 Å². The first-order chi connectivity index (χ1) is 17.0. The number of nitrogens with one attached hydrogen (secondary N) is 1. The standard InChI is InChI=1S/C30H36N2O4/c1-20-5-7-21(8-6-20)12-18-27(29(35)36-30(2,3)4)32-28(34)24-14-17-26(31)23(19-24)13-9-22-10-15-25(33)16-11-22/h5-8,10-11,14-17,19,27,33H,9,12-13,18,31H2,1-4H3,(H,32,34)/t27-/m0/s1. The molecule has 0 radical (unpaired) electrons. The van der Waals surface area contributed by atoms with Gasteiger partial charge in [-0.1, -0.05) is 42.0 Å². The number of nitrogens with two attached hydrogens (primary N) is 1. The summed E-state index contributed by atoms with van der Waals surface area (Å²) in [5.74, 6) is -0.578. The number of esters is 1. The van der Waals surface area contributed by atoms with Gasteiger partial charge in [0.05, 0.1) is 0 Å². The van der Waals surface area contributed by atoms with E-state index in [9.17, 15) is 14.7 Å². The van der Waals surface area contributed by atoms with Gasteiger partial charge in [0, 0.05) is 11.3 Å². The molecule has 0 bridgehead atoms. The Morgan fingerprint density at radius 3 is 2.17 bits per heavy atom. The van der Waals surface area contributed by atoms with Crippen LogP contribution in [0.1, 0.15) is 59.8 Å². The molecule has 0 fully saturated rings. The average molecular weight is 489 g/mol. The van der Waals surface area contributed by atoms with Crippen LogP contribution in [0.2, 0.25) is 0 Å². The smallest absolute Gasteiger partial charge is 0.329 e. The molecule has 4 N–H and O–H groups in total. The molecule has 0 aliphatic heterocycles. The number of phenols is 1. The first kappa shape index (κ1) is 26.8. The highest BCUT2D eigenvalue weighted by molar-refractivity contribution is 5.97. The molecule has 0 unspecified atom stereocenters. The maximum atomic E-state index is 13.2. The van der Waals surface area contributed by atoms with E-state index in [4.69, 9.17) is 10.5 Å². The van der Waals surface area contributed by atoms with Gasteiger partial charge in [-0.05, 0) is 100 Å². The van der Waals surface area contributed by atoms with Gasteiger partial charge in [-0.15, -0.1) is 0 Å². The summed E-state index contributed by atoms with van der Waals surface area (Å²) in [6.07, 6.45) is 2.41. The molecule has 1 amide bonds. The SMILES string of the molecule is Cc1ccc(CC[C@H](NC(=O)c2ccc(N)c(CCc3ccc(O)cc3)c2)C(=O)OC(C)(C)C)cc1. The largest absolute Gasteiger partial charge is 0.508 e. The van der Waals surface area contributed by atoms with E-state index in [0.717, 1.165) is 16.7 Å². The molecule has 0 saturated heterocycles. The minimum absolute atomic E-state index is 0.221. The van der Waals surface area contributed by atoms with Gasteiger partial charge >= 0.3 is 5.97 Å². The lowest BCUT2D eigenvalue weighted by molar-refractivity contribution is -0.157. The molecule has 3 aromatic rings. The third-order valence-electron chi connectivity index (χ3n) is 5.86. The van der Waals surface area contributed by atoms with Crippen molar-refractivity contribution in [3.63, 3.8) is 0 Å². The summed E-state index contributed by atoms with van der Waals surface area (Å²) < 4.78 is 5.59. The summed E-state index contributed by atoms with van der Waals surface area (Å²) in [5, 5.41) is 12.4. The van der Waals surface area contributed by atoms with E-state index in [1.54, 1.807) is 30.3 Å². The Hall–Kier alpha value is -3.80. The van der Waals surface area contributed by atoms with Crippen molar-refractivity contribution in [1.29, 1.82) is 0 Å². The Morgan fingerprint density at radius 1 is 0.917 bits per heavy atom. The highest BCUT2D eigenvalue weighted by Crippen LogP contribution is 2.19. The van der Waals surface area contributed by atoms with E-state index in [0.29, 0.717) is 36.9 Å². The van der Waals surface area contributed by atoms with E-state index in [1.807, 2.05) is 64.1 Å². The molecule has 3 aromatic carbocycles. The summed E-state index contributed by atoms with van der Waals surface area (Å²) in [4.78, 5) is 26.1. The molecule has 190 valence electrons. The number of benzene rings is 3. The second-order valence-electron chi connectivity index (χ2n) is 10.2. The van der Waals surface area contributed by atoms with Crippen LogP contribution in [-0.2, 0) is 28.8 Å². The van der Waals surface area contributed by atoms with Crippen LogP contribution in [0.5, 0.6) is 5.75 Å². The average Bonchev–Trinajstić information content (AvgIpc) is 2.82. The van der Waals surface area contributed by atoms with Crippen molar-refractivity contribution in [2.75, 3.05) is 5.73 Å². The Bertz CT molecular complexity index is 1180. The van der Waals surface area contributed by atoms with Crippen molar-refractivity contribution in [1.82, 2.24) is 5.32 Å². The highest BCUT2D eigenvalue weighted by Gasteiger charge is 2.27. The Labute approximate surface area is 213 Å². The quantitative estimate of drug-likeness (QED) is 0.286. The molecular weight excluding hydrogens is 452 g/mol. The van der Waals surface area contributed by atoms with Crippen molar-refractivity contribution in [3.8, 4) is 5.75 Å². The van der Waals surface area contributed by atoms with Crippen molar-refractivity contribution in [2.24, 2.45) is 0 Å². The molecule has 0 aliphatic rings. The predicted molar refractivity (Wildman–Crippen MR) is 143 cm³/mol. The van der Waals surface area contributed by atoms with Gasteiger partial charge in [-0.2, -0.15) is 0 Å². The van der Waals surface area contributed by atoms with Crippen molar-refractivity contribution >= 4 is 17.6 Å². The molecule has 0 aromatic heterocycles. The number of aryl methyl sites for hydroxylation is 4. The number of aromatic hydroxyl groups is 1. The molecule has 0 spiro atoms. The van der Waals surface area contributed by atoms with Gasteiger partial charge in [0.1, 0.15) is 17.4 Å². The van der Waals surface area contributed by atoms with Crippen molar-refractivity contribution < 1.29 is 19.4 Å². The monoisotopic (exact) mass is 488 g/mol. The van der Waals surface area contributed by atoms with Crippen LogP contribution in [0, 0.1) is 6.92 Å². The maximum Gasteiger partial charge on any atom is 0.329 e. The zero-order chi connectivity index (χ0) is 26.3. The summed E-state index contributed by atoms with van der Waals surface area (Å²) >= 11 is 0. The van der Waals surface area contributed by atoms with Crippen molar-refractivity contribution in [3.05, 3.63) is 94.5 Å². The minimum atomic E-state index is -0.781. The molecule has 6 nitrogen and oxygen atoms in total. The zero-order valence-corrected chi connectivity index (χ0v) is 21.5. The number of ether oxygens (including phenoxy) is 1. The first-order valence-corrected chi connectivity index (χ1v) is 12.3. The number of phenolic OH excluding ortho intramolecular Hbond substituents is 1. The van der Waals surface area contributed by atoms with Crippen LogP contribution in [0.4, 0.5) is 5.69 Å². The molecular formula is C30H36N2O4. The minimum Gasteiger partial charge on any atom is -0.508 e. The van der Waals surface area contributed by atoms with E-state index in [-0.39, 0.29) is 11.7 Å². The van der Waals surface area contributed by atoms with Gasteiger partial charge < -0.3 is 20.9 Å². The van der Waals surface area contributed by atoms with Crippen LogP contribution in [0.3, 0.4) is 0 Å². The molecule has 0 saturated carbocycles. The van der Waals surface area contributed by atoms with E-state index in [1.165, 1.54) is 5.56 Å². The Kier molecular flexibility index (Phi) is 8.75.